The summed E-state index contributed by atoms with van der Waals surface area (Å²) in [5.74, 6) is 0. The molecule has 1 fully saturated rings. The van der Waals surface area contributed by atoms with Crippen molar-refractivity contribution in [1.29, 1.82) is 0 Å². The lowest BCUT2D eigenvalue weighted by atomic mass is 10.2. The van der Waals surface area contributed by atoms with Crippen LogP contribution in [0.5, 0.6) is 0 Å². The third-order valence-electron chi connectivity index (χ3n) is 2.24. The molecule has 14 heavy (non-hydrogen) atoms. The van der Waals surface area contributed by atoms with Crippen LogP contribution in [0, 0.1) is 0 Å². The first-order valence-electron chi connectivity index (χ1n) is 4.97. The standard InChI is InChI=1S/C11H14N2O/c1-2-6-13-10(4-1)8-12-9-11-5-3-7-14-11/h1-2,4,6,8,11H,3,5,7,9H2. The third kappa shape index (κ3) is 2.64. The number of pyridine rings is 1. The molecule has 2 heterocycles. The van der Waals surface area contributed by atoms with Crippen LogP contribution >= 0.6 is 0 Å². The van der Waals surface area contributed by atoms with Crippen molar-refractivity contribution in [2.24, 2.45) is 4.99 Å². The summed E-state index contributed by atoms with van der Waals surface area (Å²) in [6.07, 6.45) is 6.22. The van der Waals surface area contributed by atoms with Crippen LogP contribution in [-0.2, 0) is 4.74 Å². The second-order valence-electron chi connectivity index (χ2n) is 3.38. The molecule has 0 aromatic carbocycles. The molecule has 0 N–H and O–H groups in total. The number of aliphatic imine (C=N–C) groups is 1. The predicted molar refractivity (Wildman–Crippen MR) is 55.7 cm³/mol. The fourth-order valence-electron chi connectivity index (χ4n) is 1.50. The largest absolute Gasteiger partial charge is 0.376 e. The van der Waals surface area contributed by atoms with E-state index in [4.69, 9.17) is 4.74 Å². The van der Waals surface area contributed by atoms with Crippen molar-refractivity contribution in [2.45, 2.75) is 18.9 Å². The highest BCUT2D eigenvalue weighted by molar-refractivity contribution is 5.76. The quantitative estimate of drug-likeness (QED) is 0.679. The van der Waals surface area contributed by atoms with E-state index in [0.29, 0.717) is 6.10 Å². The van der Waals surface area contributed by atoms with Crippen LogP contribution in [0.1, 0.15) is 18.5 Å². The van der Waals surface area contributed by atoms with Crippen molar-refractivity contribution < 1.29 is 4.74 Å². The topological polar surface area (TPSA) is 34.5 Å². The lowest BCUT2D eigenvalue weighted by Crippen LogP contribution is -2.09. The fourth-order valence-corrected chi connectivity index (χ4v) is 1.50. The van der Waals surface area contributed by atoms with Crippen molar-refractivity contribution in [2.75, 3.05) is 13.2 Å². The van der Waals surface area contributed by atoms with Gasteiger partial charge in [-0.1, -0.05) is 6.07 Å². The molecule has 0 bridgehead atoms. The van der Waals surface area contributed by atoms with E-state index >= 15 is 0 Å². The van der Waals surface area contributed by atoms with E-state index < -0.39 is 0 Å². The second-order valence-corrected chi connectivity index (χ2v) is 3.38. The van der Waals surface area contributed by atoms with E-state index in [1.165, 1.54) is 6.42 Å². The normalized spacial score (nSPS) is 21.9. The molecule has 74 valence electrons. The van der Waals surface area contributed by atoms with Crippen LogP contribution in [-0.4, -0.2) is 30.5 Å². The zero-order chi connectivity index (χ0) is 9.64. The molecule has 2 rings (SSSR count). The summed E-state index contributed by atoms with van der Waals surface area (Å²) in [5, 5.41) is 0. The number of hydrogen-bond acceptors (Lipinski definition) is 3. The van der Waals surface area contributed by atoms with Gasteiger partial charge in [0, 0.05) is 19.0 Å². The Kier molecular flexibility index (Phi) is 3.24. The van der Waals surface area contributed by atoms with Gasteiger partial charge in [0.2, 0.25) is 0 Å². The first-order chi connectivity index (χ1) is 6.95. The molecular formula is C11H14N2O. The van der Waals surface area contributed by atoms with Gasteiger partial charge in [0.05, 0.1) is 18.3 Å². The lowest BCUT2D eigenvalue weighted by Gasteiger charge is -2.03. The van der Waals surface area contributed by atoms with Crippen molar-refractivity contribution >= 4 is 6.21 Å². The van der Waals surface area contributed by atoms with Gasteiger partial charge < -0.3 is 4.74 Å². The number of nitrogens with zero attached hydrogens (tertiary/aromatic N) is 2. The highest BCUT2D eigenvalue weighted by Crippen LogP contribution is 2.11. The van der Waals surface area contributed by atoms with Crippen LogP contribution in [0.15, 0.2) is 29.4 Å². The van der Waals surface area contributed by atoms with Crippen LogP contribution in [0.2, 0.25) is 0 Å². The Balaban J connectivity index is 1.82. The molecule has 1 aliphatic heterocycles. The average molecular weight is 190 g/mol. The average Bonchev–Trinajstić information content (AvgIpc) is 2.72. The van der Waals surface area contributed by atoms with E-state index in [1.807, 2.05) is 24.4 Å². The van der Waals surface area contributed by atoms with E-state index in [9.17, 15) is 0 Å². The maximum absolute atomic E-state index is 5.46. The van der Waals surface area contributed by atoms with E-state index in [1.54, 1.807) is 6.20 Å². The van der Waals surface area contributed by atoms with Gasteiger partial charge in [-0.3, -0.25) is 9.98 Å². The Morgan fingerprint density at radius 3 is 3.29 bits per heavy atom. The number of ether oxygens (including phenoxy) is 1. The van der Waals surface area contributed by atoms with Crippen molar-refractivity contribution in [3.63, 3.8) is 0 Å². The van der Waals surface area contributed by atoms with Gasteiger partial charge in [-0.25, -0.2) is 0 Å². The highest BCUT2D eigenvalue weighted by Gasteiger charge is 2.13. The molecule has 1 aliphatic rings. The first kappa shape index (κ1) is 9.34. The number of aromatic nitrogens is 1. The molecule has 1 aromatic heterocycles. The van der Waals surface area contributed by atoms with Gasteiger partial charge in [-0.15, -0.1) is 0 Å². The molecule has 0 aliphatic carbocycles. The minimum atomic E-state index is 0.329. The molecule has 3 nitrogen and oxygen atoms in total. The van der Waals surface area contributed by atoms with Gasteiger partial charge in [-0.05, 0) is 25.0 Å². The molecule has 0 saturated carbocycles. The van der Waals surface area contributed by atoms with Crippen LogP contribution in [0.3, 0.4) is 0 Å². The van der Waals surface area contributed by atoms with Gasteiger partial charge in [0.25, 0.3) is 0 Å². The lowest BCUT2D eigenvalue weighted by molar-refractivity contribution is 0.118. The molecule has 1 unspecified atom stereocenters. The maximum Gasteiger partial charge on any atom is 0.0807 e. The second kappa shape index (κ2) is 4.86. The molecule has 1 saturated heterocycles. The Labute approximate surface area is 83.8 Å². The summed E-state index contributed by atoms with van der Waals surface area (Å²) < 4.78 is 5.46. The van der Waals surface area contributed by atoms with Gasteiger partial charge in [-0.2, -0.15) is 0 Å². The third-order valence-corrected chi connectivity index (χ3v) is 2.24. The minimum Gasteiger partial charge on any atom is -0.376 e. The smallest absolute Gasteiger partial charge is 0.0807 e. The number of hydrogen-bond donors (Lipinski definition) is 0. The van der Waals surface area contributed by atoms with E-state index in [-0.39, 0.29) is 0 Å². The van der Waals surface area contributed by atoms with E-state index in [2.05, 4.69) is 9.98 Å². The van der Waals surface area contributed by atoms with Crippen LogP contribution in [0.25, 0.3) is 0 Å². The summed E-state index contributed by atoms with van der Waals surface area (Å²) in [5.41, 5.74) is 0.908. The predicted octanol–water partition coefficient (Wildman–Crippen LogP) is 1.68. The monoisotopic (exact) mass is 190 g/mol. The Morgan fingerprint density at radius 2 is 2.57 bits per heavy atom. The molecular weight excluding hydrogens is 176 g/mol. The SMILES string of the molecule is C(=NCC1CCCO1)c1ccccn1. The summed E-state index contributed by atoms with van der Waals surface area (Å²) in [4.78, 5) is 8.46. The molecule has 0 amide bonds. The Morgan fingerprint density at radius 1 is 1.57 bits per heavy atom. The van der Waals surface area contributed by atoms with Gasteiger partial charge in [0.1, 0.15) is 0 Å². The Bertz CT molecular complexity index is 291. The zero-order valence-corrected chi connectivity index (χ0v) is 8.10. The van der Waals surface area contributed by atoms with Crippen molar-refractivity contribution in [1.82, 2.24) is 4.98 Å². The zero-order valence-electron chi connectivity index (χ0n) is 8.10. The molecule has 0 spiro atoms. The molecule has 3 heteroatoms. The van der Waals surface area contributed by atoms with Gasteiger partial charge in [0.15, 0.2) is 0 Å². The summed E-state index contributed by atoms with van der Waals surface area (Å²) >= 11 is 0. The van der Waals surface area contributed by atoms with Gasteiger partial charge >= 0.3 is 0 Å². The van der Waals surface area contributed by atoms with Crippen LogP contribution < -0.4 is 0 Å². The molecule has 0 radical (unpaired) electrons. The summed E-state index contributed by atoms with van der Waals surface area (Å²) in [6.45, 7) is 1.65. The fraction of sp³-hybridized carbons (Fsp3) is 0.455. The van der Waals surface area contributed by atoms with Crippen molar-refractivity contribution in [3.8, 4) is 0 Å². The summed E-state index contributed by atoms with van der Waals surface area (Å²) in [6, 6.07) is 5.80. The van der Waals surface area contributed by atoms with Crippen LogP contribution in [0.4, 0.5) is 0 Å². The highest BCUT2D eigenvalue weighted by atomic mass is 16.5. The van der Waals surface area contributed by atoms with E-state index in [0.717, 1.165) is 25.3 Å². The summed E-state index contributed by atoms with van der Waals surface area (Å²) in [7, 11) is 0. The molecule has 1 atom stereocenters. The maximum atomic E-state index is 5.46. The molecule has 1 aromatic rings. The van der Waals surface area contributed by atoms with Crippen molar-refractivity contribution in [3.05, 3.63) is 30.1 Å². The Hall–Kier alpha value is -1.22. The number of rotatable bonds is 3. The first-order valence-corrected chi connectivity index (χ1v) is 4.97. The minimum absolute atomic E-state index is 0.329.